The number of carbonyl (C=O) groups is 1. The molecule has 0 fully saturated rings. The number of nitro benzene ring substituents is 2. The summed E-state index contributed by atoms with van der Waals surface area (Å²) in [5.74, 6) is -0.492. The monoisotopic (exact) mass is 461 g/mol. The van der Waals surface area contributed by atoms with Gasteiger partial charge in [-0.25, -0.2) is 8.42 Å². The number of nitrogens with one attached hydrogen (secondary N) is 2. The molecule has 32 heavy (non-hydrogen) atoms. The second kappa shape index (κ2) is 9.51. The lowest BCUT2D eigenvalue weighted by Gasteiger charge is -2.11. The number of hydrogen-bond donors (Lipinski definition) is 2. The Morgan fingerprint density at radius 2 is 1.66 bits per heavy atom. The third-order valence-corrected chi connectivity index (χ3v) is 5.99. The maximum atomic E-state index is 12.7. The van der Waals surface area contributed by atoms with Gasteiger partial charge >= 0.3 is 0 Å². The normalized spacial score (nSPS) is 14.1. The standard InChI is InChI=1S/C19H19N5O7S/c25-19(13-9-15(23(26)27)12-16(10-13)24(28)29)21-14-5-4-6-17(11-14)32(30,31)22-18-7-2-1-3-8-20-18/h4-6,9-12H,1-3,7-8H2,(H,20,22)(H,21,25). The lowest BCUT2D eigenvalue weighted by Crippen LogP contribution is -2.30. The second-order valence-corrected chi connectivity index (χ2v) is 8.66. The average Bonchev–Trinajstić information content (AvgIpc) is 3.01. The fraction of sp³-hybridized carbons (Fsp3) is 0.263. The predicted octanol–water partition coefficient (Wildman–Crippen LogP) is 3.01. The van der Waals surface area contributed by atoms with E-state index in [9.17, 15) is 33.4 Å². The Hall–Kier alpha value is -3.87. The topological polar surface area (TPSA) is 174 Å². The lowest BCUT2D eigenvalue weighted by molar-refractivity contribution is -0.394. The number of nitrogens with zero attached hydrogens (tertiary/aromatic N) is 3. The Morgan fingerprint density at radius 3 is 2.31 bits per heavy atom. The van der Waals surface area contributed by atoms with Crippen molar-refractivity contribution in [1.29, 1.82) is 0 Å². The summed E-state index contributed by atoms with van der Waals surface area (Å²) in [7, 11) is -3.95. The Kier molecular flexibility index (Phi) is 6.78. The molecule has 2 aromatic carbocycles. The van der Waals surface area contributed by atoms with Gasteiger partial charge in [-0.2, -0.15) is 0 Å². The van der Waals surface area contributed by atoms with Crippen LogP contribution in [0.15, 0.2) is 52.4 Å². The fourth-order valence-electron chi connectivity index (χ4n) is 3.05. The van der Waals surface area contributed by atoms with Gasteiger partial charge in [-0.3, -0.25) is 34.7 Å². The van der Waals surface area contributed by atoms with Gasteiger partial charge in [0.25, 0.3) is 27.3 Å². The van der Waals surface area contributed by atoms with E-state index in [1.54, 1.807) is 0 Å². The number of nitro groups is 2. The number of sulfonamides is 1. The number of hydrogen-bond acceptors (Lipinski definition) is 8. The quantitative estimate of drug-likeness (QED) is 0.491. The third-order valence-electron chi connectivity index (χ3n) is 4.62. The Morgan fingerprint density at radius 1 is 0.969 bits per heavy atom. The molecule has 1 heterocycles. The van der Waals surface area contributed by atoms with E-state index in [1.165, 1.54) is 24.3 Å². The molecule has 0 saturated carbocycles. The molecule has 0 bridgehead atoms. The molecule has 168 valence electrons. The van der Waals surface area contributed by atoms with Gasteiger partial charge in [0.1, 0.15) is 5.84 Å². The van der Waals surface area contributed by atoms with Gasteiger partial charge in [0.2, 0.25) is 0 Å². The van der Waals surface area contributed by atoms with E-state index in [4.69, 9.17) is 0 Å². The molecule has 0 saturated heterocycles. The Balaban J connectivity index is 1.83. The van der Waals surface area contributed by atoms with Crippen LogP contribution in [0.4, 0.5) is 17.1 Å². The minimum Gasteiger partial charge on any atom is -0.322 e. The van der Waals surface area contributed by atoms with Crippen molar-refractivity contribution in [3.63, 3.8) is 0 Å². The van der Waals surface area contributed by atoms with Crippen LogP contribution in [0.3, 0.4) is 0 Å². The lowest BCUT2D eigenvalue weighted by atomic mass is 10.1. The summed E-state index contributed by atoms with van der Waals surface area (Å²) < 4.78 is 27.9. The summed E-state index contributed by atoms with van der Waals surface area (Å²) in [5.41, 5.74) is -1.46. The highest BCUT2D eigenvalue weighted by atomic mass is 32.2. The highest BCUT2D eigenvalue weighted by molar-refractivity contribution is 7.90. The molecule has 0 atom stereocenters. The van der Waals surface area contributed by atoms with Crippen molar-refractivity contribution < 1.29 is 23.1 Å². The van der Waals surface area contributed by atoms with E-state index in [2.05, 4.69) is 15.0 Å². The fourth-order valence-corrected chi connectivity index (χ4v) is 4.19. The number of anilines is 1. The first-order valence-corrected chi connectivity index (χ1v) is 11.1. The maximum absolute atomic E-state index is 12.7. The molecule has 0 spiro atoms. The minimum absolute atomic E-state index is 0.0924. The van der Waals surface area contributed by atoms with Crippen LogP contribution in [0, 0.1) is 20.2 Å². The molecule has 13 heteroatoms. The first kappa shape index (κ1) is 22.8. The number of aliphatic imine (C=N–C) groups is 1. The van der Waals surface area contributed by atoms with E-state index in [0.29, 0.717) is 18.8 Å². The Bertz CT molecular complexity index is 1180. The minimum atomic E-state index is -3.95. The molecular formula is C19H19N5O7S. The highest BCUT2D eigenvalue weighted by Crippen LogP contribution is 2.24. The molecule has 2 N–H and O–H groups in total. The van der Waals surface area contributed by atoms with Crippen LogP contribution in [0.1, 0.15) is 36.0 Å². The van der Waals surface area contributed by atoms with Crippen LogP contribution in [-0.2, 0) is 10.0 Å². The van der Waals surface area contributed by atoms with Crippen LogP contribution in [-0.4, -0.2) is 36.6 Å². The van der Waals surface area contributed by atoms with Crippen molar-refractivity contribution in [2.75, 3.05) is 11.9 Å². The van der Waals surface area contributed by atoms with Crippen molar-refractivity contribution in [1.82, 2.24) is 4.72 Å². The summed E-state index contributed by atoms with van der Waals surface area (Å²) >= 11 is 0. The third kappa shape index (κ3) is 5.63. The van der Waals surface area contributed by atoms with Crippen molar-refractivity contribution >= 4 is 38.8 Å². The molecule has 0 aromatic heterocycles. The van der Waals surface area contributed by atoms with Crippen LogP contribution in [0.5, 0.6) is 0 Å². The van der Waals surface area contributed by atoms with Crippen molar-refractivity contribution in [2.45, 2.75) is 30.6 Å². The largest absolute Gasteiger partial charge is 0.322 e. The number of non-ortho nitro benzene ring substituents is 2. The molecular weight excluding hydrogens is 442 g/mol. The maximum Gasteiger partial charge on any atom is 0.277 e. The second-order valence-electron chi connectivity index (χ2n) is 6.98. The number of amides is 1. The number of benzene rings is 2. The molecule has 0 radical (unpaired) electrons. The molecule has 2 aromatic rings. The average molecular weight is 461 g/mol. The van der Waals surface area contributed by atoms with Gasteiger partial charge in [0.05, 0.1) is 26.4 Å². The van der Waals surface area contributed by atoms with Crippen molar-refractivity contribution in [3.8, 4) is 0 Å². The zero-order valence-electron chi connectivity index (χ0n) is 16.7. The predicted molar refractivity (Wildman–Crippen MR) is 115 cm³/mol. The molecule has 1 aliphatic heterocycles. The van der Waals surface area contributed by atoms with Crippen LogP contribution < -0.4 is 10.0 Å². The SMILES string of the molecule is O=C(Nc1cccc(S(=O)(=O)NC2=NCCCCC2)c1)c1cc([N+](=O)[O-])cc([N+](=O)[O-])c1. The van der Waals surface area contributed by atoms with Crippen LogP contribution in [0.25, 0.3) is 0 Å². The summed E-state index contributed by atoms with van der Waals surface area (Å²) in [6.45, 7) is 0.545. The molecule has 1 aliphatic rings. The number of carbonyl (C=O) groups excluding carboxylic acids is 1. The molecule has 0 aliphatic carbocycles. The summed E-state index contributed by atoms with van der Waals surface area (Å²) in [4.78, 5) is 37.0. The van der Waals surface area contributed by atoms with E-state index in [-0.39, 0.29) is 16.1 Å². The molecule has 1 amide bonds. The summed E-state index contributed by atoms with van der Waals surface area (Å²) in [6, 6.07) is 7.92. The van der Waals surface area contributed by atoms with Gasteiger partial charge in [-0.15, -0.1) is 0 Å². The van der Waals surface area contributed by atoms with E-state index in [0.717, 1.165) is 37.5 Å². The smallest absolute Gasteiger partial charge is 0.277 e. The van der Waals surface area contributed by atoms with Gasteiger partial charge < -0.3 is 5.32 Å². The zero-order valence-corrected chi connectivity index (χ0v) is 17.5. The number of amidine groups is 1. The summed E-state index contributed by atoms with van der Waals surface area (Å²) in [5, 5.41) is 24.4. The first-order valence-electron chi connectivity index (χ1n) is 9.57. The van der Waals surface area contributed by atoms with Gasteiger partial charge in [0.15, 0.2) is 0 Å². The van der Waals surface area contributed by atoms with Crippen molar-refractivity contribution in [2.24, 2.45) is 4.99 Å². The van der Waals surface area contributed by atoms with Gasteiger partial charge in [-0.1, -0.05) is 12.5 Å². The first-order chi connectivity index (χ1) is 15.2. The van der Waals surface area contributed by atoms with Crippen LogP contribution >= 0.6 is 0 Å². The molecule has 12 nitrogen and oxygen atoms in total. The van der Waals surface area contributed by atoms with Crippen LogP contribution in [0.2, 0.25) is 0 Å². The summed E-state index contributed by atoms with van der Waals surface area (Å²) in [6.07, 6.45) is 3.20. The zero-order chi connectivity index (χ0) is 23.3. The number of rotatable bonds is 6. The van der Waals surface area contributed by atoms with Gasteiger partial charge in [-0.05, 0) is 31.0 Å². The Labute approximate surface area is 182 Å². The van der Waals surface area contributed by atoms with E-state index < -0.39 is 37.2 Å². The highest BCUT2D eigenvalue weighted by Gasteiger charge is 2.21. The molecule has 3 rings (SSSR count). The van der Waals surface area contributed by atoms with Gasteiger partial charge in [0, 0.05) is 30.8 Å². The van der Waals surface area contributed by atoms with E-state index >= 15 is 0 Å². The van der Waals surface area contributed by atoms with Crippen molar-refractivity contribution in [3.05, 3.63) is 68.3 Å². The molecule has 0 unspecified atom stereocenters. The van der Waals surface area contributed by atoms with E-state index in [1.807, 2.05) is 0 Å².